The fraction of sp³-hybridized carbons (Fsp3) is 0. The van der Waals surface area contributed by atoms with Crippen molar-refractivity contribution >= 4 is 39.0 Å². The number of halogens is 1. The number of carbonyl (C=O) groups is 1. The first-order valence-corrected chi connectivity index (χ1v) is 9.40. The highest BCUT2D eigenvalue weighted by molar-refractivity contribution is 9.10. The highest BCUT2D eigenvalue weighted by Crippen LogP contribution is 2.34. The van der Waals surface area contributed by atoms with Crippen molar-refractivity contribution in [1.29, 1.82) is 0 Å². The number of aromatic amines is 1. The van der Waals surface area contributed by atoms with E-state index in [0.717, 1.165) is 26.5 Å². The summed E-state index contributed by atoms with van der Waals surface area (Å²) in [6.07, 6.45) is 1.49. The normalized spacial score (nSPS) is 11.2. The molecule has 0 saturated heterocycles. The maximum atomic E-state index is 12.8. The Morgan fingerprint density at radius 2 is 1.86 bits per heavy atom. The van der Waals surface area contributed by atoms with E-state index in [9.17, 15) is 9.90 Å². The number of carbonyl (C=O) groups excluding carboxylic acids is 1. The lowest BCUT2D eigenvalue weighted by molar-refractivity contribution is 0.0951. The largest absolute Gasteiger partial charge is 0.508 e. The first-order valence-electron chi connectivity index (χ1n) is 8.61. The van der Waals surface area contributed by atoms with Crippen molar-refractivity contribution in [2.45, 2.75) is 0 Å². The number of hydrogen-bond donors (Lipinski definition) is 3. The van der Waals surface area contributed by atoms with Crippen LogP contribution in [0.25, 0.3) is 22.0 Å². The highest BCUT2D eigenvalue weighted by Gasteiger charge is 2.19. The summed E-state index contributed by atoms with van der Waals surface area (Å²) in [5.41, 5.74) is 6.31. The fourth-order valence-corrected chi connectivity index (χ4v) is 3.43. The van der Waals surface area contributed by atoms with Crippen LogP contribution in [0.5, 0.6) is 5.75 Å². The maximum Gasteiger partial charge on any atom is 0.288 e. The van der Waals surface area contributed by atoms with E-state index in [4.69, 9.17) is 0 Å². The van der Waals surface area contributed by atoms with Gasteiger partial charge in [-0.25, -0.2) is 5.43 Å². The molecule has 1 aromatic heterocycles. The molecule has 0 aliphatic carbocycles. The maximum absolute atomic E-state index is 12.8. The lowest BCUT2D eigenvalue weighted by Gasteiger charge is -2.04. The van der Waals surface area contributed by atoms with Gasteiger partial charge < -0.3 is 10.1 Å². The summed E-state index contributed by atoms with van der Waals surface area (Å²) in [7, 11) is 0. The molecule has 0 atom stereocenters. The number of amides is 1. The van der Waals surface area contributed by atoms with Gasteiger partial charge in [0.15, 0.2) is 0 Å². The second-order valence-electron chi connectivity index (χ2n) is 6.23. The van der Waals surface area contributed by atoms with Gasteiger partial charge in [0.25, 0.3) is 5.91 Å². The highest BCUT2D eigenvalue weighted by atomic mass is 79.9. The topological polar surface area (TPSA) is 77.5 Å². The van der Waals surface area contributed by atoms with Gasteiger partial charge in [-0.05, 0) is 41.5 Å². The molecule has 28 heavy (non-hydrogen) atoms. The van der Waals surface area contributed by atoms with Crippen LogP contribution in [0.2, 0.25) is 0 Å². The lowest BCUT2D eigenvalue weighted by atomic mass is 10.0. The first-order chi connectivity index (χ1) is 13.6. The molecule has 5 nitrogen and oxygen atoms in total. The van der Waals surface area contributed by atoms with Gasteiger partial charge in [0, 0.05) is 20.9 Å². The van der Waals surface area contributed by atoms with Crippen molar-refractivity contribution in [3.63, 3.8) is 0 Å². The van der Waals surface area contributed by atoms with Gasteiger partial charge in [-0.2, -0.15) is 5.10 Å². The van der Waals surface area contributed by atoms with Crippen molar-refractivity contribution in [1.82, 2.24) is 10.4 Å². The summed E-state index contributed by atoms with van der Waals surface area (Å²) in [6, 6.07) is 22.2. The zero-order valence-corrected chi connectivity index (χ0v) is 16.3. The second-order valence-corrected chi connectivity index (χ2v) is 7.14. The number of rotatable bonds is 4. The minimum Gasteiger partial charge on any atom is -0.508 e. The van der Waals surface area contributed by atoms with Crippen LogP contribution in [0.4, 0.5) is 0 Å². The summed E-state index contributed by atoms with van der Waals surface area (Å²) in [5.74, 6) is -0.203. The van der Waals surface area contributed by atoms with Crippen molar-refractivity contribution in [3.8, 4) is 16.9 Å². The van der Waals surface area contributed by atoms with Crippen LogP contribution in [0.1, 0.15) is 16.1 Å². The molecule has 3 N–H and O–H groups in total. The van der Waals surface area contributed by atoms with Crippen molar-refractivity contribution in [2.75, 3.05) is 0 Å². The third-order valence-corrected chi connectivity index (χ3v) is 4.79. The molecular formula is C22H16BrN3O2. The summed E-state index contributed by atoms with van der Waals surface area (Å²) < 4.78 is 0.935. The number of nitrogens with one attached hydrogen (secondary N) is 2. The molecule has 0 aliphatic rings. The molecule has 0 spiro atoms. The second kappa shape index (κ2) is 7.70. The number of phenols is 1. The number of H-pyrrole nitrogens is 1. The van der Waals surface area contributed by atoms with E-state index in [1.54, 1.807) is 24.3 Å². The average Bonchev–Trinajstić information content (AvgIpc) is 3.07. The van der Waals surface area contributed by atoms with Crippen LogP contribution < -0.4 is 5.43 Å². The molecule has 1 amide bonds. The zero-order valence-electron chi connectivity index (χ0n) is 14.7. The predicted octanol–water partition coefficient (Wildman–Crippen LogP) is 5.07. The standard InChI is InChI=1S/C22H16BrN3O2/c23-16-9-10-19-18(12-16)20(15-6-2-1-3-7-15)21(25-19)22(28)26-24-13-14-5-4-8-17(27)11-14/h1-13,25,27H,(H,26,28). The number of aromatic nitrogens is 1. The minimum atomic E-state index is -0.345. The van der Waals surface area contributed by atoms with E-state index in [2.05, 4.69) is 31.4 Å². The van der Waals surface area contributed by atoms with Crippen LogP contribution in [-0.4, -0.2) is 22.2 Å². The molecule has 0 radical (unpaired) electrons. The first kappa shape index (κ1) is 18.0. The lowest BCUT2D eigenvalue weighted by Crippen LogP contribution is -2.18. The fourth-order valence-electron chi connectivity index (χ4n) is 3.07. The number of fused-ring (bicyclic) bond motifs is 1. The molecule has 138 valence electrons. The van der Waals surface area contributed by atoms with Crippen LogP contribution in [0.3, 0.4) is 0 Å². The third-order valence-electron chi connectivity index (χ3n) is 4.30. The Bertz CT molecular complexity index is 1180. The van der Waals surface area contributed by atoms with Gasteiger partial charge in [0.05, 0.1) is 6.21 Å². The number of nitrogens with zero attached hydrogens (tertiary/aromatic N) is 1. The van der Waals surface area contributed by atoms with Crippen LogP contribution in [-0.2, 0) is 0 Å². The molecule has 0 saturated carbocycles. The quantitative estimate of drug-likeness (QED) is 0.310. The summed E-state index contributed by atoms with van der Waals surface area (Å²) in [6.45, 7) is 0. The van der Waals surface area contributed by atoms with Crippen molar-refractivity contribution in [3.05, 3.63) is 88.5 Å². The molecule has 6 heteroatoms. The van der Waals surface area contributed by atoms with Gasteiger partial charge >= 0.3 is 0 Å². The Balaban J connectivity index is 1.70. The number of hydrazone groups is 1. The van der Waals surface area contributed by atoms with Gasteiger partial charge in [-0.1, -0.05) is 58.4 Å². The summed E-state index contributed by atoms with van der Waals surface area (Å²) in [5, 5.41) is 14.5. The monoisotopic (exact) mass is 433 g/mol. The van der Waals surface area contributed by atoms with E-state index in [-0.39, 0.29) is 11.7 Å². The van der Waals surface area contributed by atoms with Gasteiger partial charge in [-0.3, -0.25) is 4.79 Å². The average molecular weight is 434 g/mol. The molecule has 0 fully saturated rings. The SMILES string of the molecule is O=C(NN=Cc1cccc(O)c1)c1[nH]c2ccc(Br)cc2c1-c1ccccc1. The van der Waals surface area contributed by atoms with E-state index in [1.165, 1.54) is 6.21 Å². The Labute approximate surface area is 169 Å². The van der Waals surface area contributed by atoms with Crippen molar-refractivity contribution < 1.29 is 9.90 Å². The number of hydrogen-bond acceptors (Lipinski definition) is 3. The van der Waals surface area contributed by atoms with Crippen LogP contribution >= 0.6 is 15.9 Å². The summed E-state index contributed by atoms with van der Waals surface area (Å²) >= 11 is 3.50. The van der Waals surface area contributed by atoms with E-state index >= 15 is 0 Å². The van der Waals surface area contributed by atoms with Crippen molar-refractivity contribution in [2.24, 2.45) is 5.10 Å². The summed E-state index contributed by atoms with van der Waals surface area (Å²) in [4.78, 5) is 16.0. The molecule has 0 aliphatic heterocycles. The third kappa shape index (κ3) is 3.68. The molecule has 1 heterocycles. The predicted molar refractivity (Wildman–Crippen MR) is 115 cm³/mol. The molecule has 4 rings (SSSR count). The van der Waals surface area contributed by atoms with Gasteiger partial charge in [0.1, 0.15) is 11.4 Å². The molecule has 0 unspecified atom stereocenters. The number of aromatic hydroxyl groups is 1. The minimum absolute atomic E-state index is 0.142. The molecular weight excluding hydrogens is 418 g/mol. The van der Waals surface area contributed by atoms with Crippen LogP contribution in [0, 0.1) is 0 Å². The Hall–Kier alpha value is -3.38. The molecule has 3 aromatic carbocycles. The smallest absolute Gasteiger partial charge is 0.288 e. The molecule has 4 aromatic rings. The number of benzene rings is 3. The zero-order chi connectivity index (χ0) is 19.5. The van der Waals surface area contributed by atoms with Gasteiger partial charge in [-0.15, -0.1) is 0 Å². The van der Waals surface area contributed by atoms with E-state index < -0.39 is 0 Å². The Kier molecular flexibility index (Phi) is 4.95. The van der Waals surface area contributed by atoms with E-state index in [0.29, 0.717) is 11.3 Å². The van der Waals surface area contributed by atoms with Gasteiger partial charge in [0.2, 0.25) is 0 Å². The number of phenolic OH excluding ortho intramolecular Hbond substituents is 1. The Morgan fingerprint density at radius 3 is 2.64 bits per heavy atom. The van der Waals surface area contributed by atoms with E-state index in [1.807, 2.05) is 48.5 Å². The Morgan fingerprint density at radius 1 is 1.04 bits per heavy atom. The van der Waals surface area contributed by atoms with Crippen LogP contribution in [0.15, 0.2) is 82.4 Å². The molecule has 0 bridgehead atoms.